The first-order valence-electron chi connectivity index (χ1n) is 6.31. The van der Waals surface area contributed by atoms with Crippen LogP contribution in [0.25, 0.3) is 0 Å². The number of halogens is 1. The van der Waals surface area contributed by atoms with Gasteiger partial charge in [0.25, 0.3) is 0 Å². The molecule has 20 heavy (non-hydrogen) atoms. The summed E-state index contributed by atoms with van der Waals surface area (Å²) in [4.78, 5) is 0. The van der Waals surface area contributed by atoms with Crippen LogP contribution in [-0.4, -0.2) is 14.2 Å². The van der Waals surface area contributed by atoms with Crippen LogP contribution in [0.15, 0.2) is 36.4 Å². The molecule has 0 aliphatic heterocycles. The van der Waals surface area contributed by atoms with Gasteiger partial charge in [-0.1, -0.05) is 24.3 Å². The Kier molecular flexibility index (Phi) is 4.25. The maximum absolute atomic E-state index is 13.7. The number of hydrogen-bond acceptors (Lipinski definition) is 3. The molecule has 2 aromatic rings. The summed E-state index contributed by atoms with van der Waals surface area (Å²) in [7, 11) is 3.13. The second-order valence-corrected chi connectivity index (χ2v) is 4.57. The predicted octanol–water partition coefficient (Wildman–Crippen LogP) is 3.20. The van der Waals surface area contributed by atoms with E-state index in [1.807, 2.05) is 18.2 Å². The molecule has 0 radical (unpaired) electrons. The Labute approximate surface area is 118 Å². The molecule has 3 nitrogen and oxygen atoms in total. The third-order valence-corrected chi connectivity index (χ3v) is 3.32. The van der Waals surface area contributed by atoms with Crippen LogP contribution in [0.4, 0.5) is 4.39 Å². The van der Waals surface area contributed by atoms with Crippen molar-refractivity contribution >= 4 is 0 Å². The lowest BCUT2D eigenvalue weighted by molar-refractivity contribution is 0.350. The minimum atomic E-state index is -0.477. The first kappa shape index (κ1) is 14.3. The summed E-state index contributed by atoms with van der Waals surface area (Å²) in [5, 5.41) is 0. The van der Waals surface area contributed by atoms with Crippen LogP contribution in [0.1, 0.15) is 22.7 Å². The van der Waals surface area contributed by atoms with Gasteiger partial charge in [-0.25, -0.2) is 4.39 Å². The third kappa shape index (κ3) is 2.60. The highest BCUT2D eigenvalue weighted by molar-refractivity contribution is 5.50. The van der Waals surface area contributed by atoms with Gasteiger partial charge in [-0.15, -0.1) is 0 Å². The number of aryl methyl sites for hydroxylation is 1. The van der Waals surface area contributed by atoms with E-state index >= 15 is 0 Å². The van der Waals surface area contributed by atoms with E-state index in [4.69, 9.17) is 15.2 Å². The predicted molar refractivity (Wildman–Crippen MR) is 76.7 cm³/mol. The molecule has 0 aliphatic rings. The van der Waals surface area contributed by atoms with Gasteiger partial charge in [0.2, 0.25) is 0 Å². The summed E-state index contributed by atoms with van der Waals surface area (Å²) in [6.45, 7) is 1.72. The molecule has 0 spiro atoms. The van der Waals surface area contributed by atoms with Crippen LogP contribution in [0, 0.1) is 12.7 Å². The maximum Gasteiger partial charge on any atom is 0.165 e. The molecule has 4 heteroatoms. The van der Waals surface area contributed by atoms with E-state index < -0.39 is 6.04 Å². The van der Waals surface area contributed by atoms with Crippen molar-refractivity contribution < 1.29 is 13.9 Å². The molecule has 2 N–H and O–H groups in total. The van der Waals surface area contributed by atoms with Crippen molar-refractivity contribution in [2.45, 2.75) is 13.0 Å². The van der Waals surface area contributed by atoms with Crippen molar-refractivity contribution in [2.24, 2.45) is 5.73 Å². The van der Waals surface area contributed by atoms with Gasteiger partial charge in [0.05, 0.1) is 20.3 Å². The average Bonchev–Trinajstić information content (AvgIpc) is 2.48. The van der Waals surface area contributed by atoms with E-state index in [0.717, 1.165) is 5.56 Å². The summed E-state index contributed by atoms with van der Waals surface area (Å²) >= 11 is 0. The number of para-hydroxylation sites is 1. The topological polar surface area (TPSA) is 44.5 Å². The van der Waals surface area contributed by atoms with Crippen LogP contribution < -0.4 is 15.2 Å². The monoisotopic (exact) mass is 275 g/mol. The van der Waals surface area contributed by atoms with E-state index in [9.17, 15) is 4.39 Å². The molecule has 0 amide bonds. The number of methoxy groups -OCH3 is 2. The highest BCUT2D eigenvalue weighted by Crippen LogP contribution is 2.36. The van der Waals surface area contributed by atoms with Gasteiger partial charge >= 0.3 is 0 Å². The van der Waals surface area contributed by atoms with E-state index in [-0.39, 0.29) is 5.82 Å². The molecule has 1 unspecified atom stereocenters. The highest BCUT2D eigenvalue weighted by Gasteiger charge is 2.18. The largest absolute Gasteiger partial charge is 0.493 e. The van der Waals surface area contributed by atoms with Crippen LogP contribution in [0.2, 0.25) is 0 Å². The Bertz CT molecular complexity index is 613. The fourth-order valence-electron chi connectivity index (χ4n) is 2.14. The van der Waals surface area contributed by atoms with Crippen molar-refractivity contribution in [3.63, 3.8) is 0 Å². The molecule has 0 fully saturated rings. The van der Waals surface area contributed by atoms with Gasteiger partial charge < -0.3 is 15.2 Å². The Morgan fingerprint density at radius 3 is 2.45 bits per heavy atom. The van der Waals surface area contributed by atoms with Crippen LogP contribution in [0.5, 0.6) is 11.5 Å². The lowest BCUT2D eigenvalue weighted by Gasteiger charge is -2.18. The third-order valence-electron chi connectivity index (χ3n) is 3.32. The summed E-state index contributed by atoms with van der Waals surface area (Å²) in [6, 6.07) is 10.0. The molecular weight excluding hydrogens is 257 g/mol. The quantitative estimate of drug-likeness (QED) is 0.932. The standard InChI is InChI=1S/C16H18FNO2/c1-10-7-8-11(9-13(10)17)15(18)12-5-4-6-14(19-2)16(12)20-3/h4-9,15H,18H2,1-3H3. The van der Waals surface area contributed by atoms with Crippen molar-refractivity contribution in [2.75, 3.05) is 14.2 Å². The van der Waals surface area contributed by atoms with Gasteiger partial charge in [-0.3, -0.25) is 0 Å². The molecular formula is C16H18FNO2. The number of hydrogen-bond donors (Lipinski definition) is 1. The molecule has 0 bridgehead atoms. The first-order valence-corrected chi connectivity index (χ1v) is 6.31. The molecule has 0 heterocycles. The Hall–Kier alpha value is -2.07. The van der Waals surface area contributed by atoms with Crippen LogP contribution in [0.3, 0.4) is 0 Å². The molecule has 0 saturated heterocycles. The van der Waals surface area contributed by atoms with Gasteiger partial charge in [0.15, 0.2) is 11.5 Å². The second kappa shape index (κ2) is 5.92. The van der Waals surface area contributed by atoms with Gasteiger partial charge in [0.1, 0.15) is 5.82 Å². The summed E-state index contributed by atoms with van der Waals surface area (Å²) in [6.07, 6.45) is 0. The Morgan fingerprint density at radius 2 is 1.85 bits per heavy atom. The maximum atomic E-state index is 13.7. The fraction of sp³-hybridized carbons (Fsp3) is 0.250. The van der Waals surface area contributed by atoms with E-state index in [0.29, 0.717) is 22.6 Å². The van der Waals surface area contributed by atoms with Crippen molar-refractivity contribution in [1.82, 2.24) is 0 Å². The van der Waals surface area contributed by atoms with Gasteiger partial charge in [-0.2, -0.15) is 0 Å². The molecule has 0 saturated carbocycles. The molecule has 106 valence electrons. The van der Waals surface area contributed by atoms with Crippen molar-refractivity contribution in [1.29, 1.82) is 0 Å². The number of benzene rings is 2. The van der Waals surface area contributed by atoms with E-state index in [2.05, 4.69) is 0 Å². The summed E-state index contributed by atoms with van der Waals surface area (Å²) in [5.41, 5.74) is 8.28. The molecule has 1 atom stereocenters. The molecule has 0 aliphatic carbocycles. The Morgan fingerprint density at radius 1 is 1.10 bits per heavy atom. The SMILES string of the molecule is COc1cccc(C(N)c2ccc(C)c(F)c2)c1OC. The van der Waals surface area contributed by atoms with Crippen molar-refractivity contribution in [3.8, 4) is 11.5 Å². The van der Waals surface area contributed by atoms with E-state index in [1.165, 1.54) is 6.07 Å². The number of ether oxygens (including phenoxy) is 2. The number of rotatable bonds is 4. The van der Waals surface area contributed by atoms with Crippen LogP contribution in [-0.2, 0) is 0 Å². The minimum Gasteiger partial charge on any atom is -0.493 e. The van der Waals surface area contributed by atoms with Crippen LogP contribution >= 0.6 is 0 Å². The molecule has 2 aromatic carbocycles. The summed E-state index contributed by atoms with van der Waals surface area (Å²) < 4.78 is 24.3. The van der Waals surface area contributed by atoms with E-state index in [1.54, 1.807) is 33.3 Å². The van der Waals surface area contributed by atoms with Gasteiger partial charge in [0, 0.05) is 5.56 Å². The zero-order valence-corrected chi connectivity index (χ0v) is 11.8. The smallest absolute Gasteiger partial charge is 0.165 e. The van der Waals surface area contributed by atoms with Crippen molar-refractivity contribution in [3.05, 3.63) is 58.9 Å². The zero-order valence-electron chi connectivity index (χ0n) is 11.8. The molecule has 0 aromatic heterocycles. The lowest BCUT2D eigenvalue weighted by atomic mass is 9.97. The normalized spacial score (nSPS) is 12.1. The Balaban J connectivity index is 2.47. The lowest BCUT2D eigenvalue weighted by Crippen LogP contribution is -2.14. The average molecular weight is 275 g/mol. The van der Waals surface area contributed by atoms with Gasteiger partial charge in [-0.05, 0) is 30.2 Å². The minimum absolute atomic E-state index is 0.264. The summed E-state index contributed by atoms with van der Waals surface area (Å²) in [5.74, 6) is 0.913. The fourth-order valence-corrected chi connectivity index (χ4v) is 2.14. The first-order chi connectivity index (χ1) is 9.58. The molecule has 2 rings (SSSR count). The highest BCUT2D eigenvalue weighted by atomic mass is 19.1. The zero-order chi connectivity index (χ0) is 14.7. The second-order valence-electron chi connectivity index (χ2n) is 4.57. The number of nitrogens with two attached hydrogens (primary N) is 1.